The van der Waals surface area contributed by atoms with E-state index in [1.807, 2.05) is 54.0 Å². The fourth-order valence-electron chi connectivity index (χ4n) is 3.71. The number of alkyl halides is 3. The molecule has 1 atom stereocenters. The van der Waals surface area contributed by atoms with Gasteiger partial charge in [0.05, 0.1) is 17.3 Å². The van der Waals surface area contributed by atoms with Gasteiger partial charge in [-0.25, -0.2) is 9.50 Å². The van der Waals surface area contributed by atoms with Gasteiger partial charge in [-0.1, -0.05) is 30.3 Å². The van der Waals surface area contributed by atoms with Crippen LogP contribution in [0.25, 0.3) is 38.8 Å². The zero-order valence-electron chi connectivity index (χ0n) is 17.4. The number of fused-ring (bicyclic) bond motifs is 2. The fourth-order valence-corrected chi connectivity index (χ4v) is 3.71. The first-order valence-corrected chi connectivity index (χ1v) is 10.2. The van der Waals surface area contributed by atoms with Gasteiger partial charge in [-0.15, -0.1) is 0 Å². The lowest BCUT2D eigenvalue weighted by Gasteiger charge is -2.16. The fraction of sp³-hybridized carbons (Fsp3) is 0.125. The molecule has 4 heterocycles. The van der Waals surface area contributed by atoms with E-state index in [4.69, 9.17) is 0 Å². The highest BCUT2D eigenvalue weighted by Crippen LogP contribution is 2.32. The van der Waals surface area contributed by atoms with E-state index in [0.717, 1.165) is 34.6 Å². The summed E-state index contributed by atoms with van der Waals surface area (Å²) in [5, 5.41) is 6.98. The molecule has 0 saturated carbocycles. The van der Waals surface area contributed by atoms with Crippen molar-refractivity contribution in [3.05, 3.63) is 78.9 Å². The monoisotopic (exact) mass is 449 g/mol. The van der Waals surface area contributed by atoms with Crippen LogP contribution in [0.3, 0.4) is 0 Å². The van der Waals surface area contributed by atoms with E-state index >= 15 is 0 Å². The van der Waals surface area contributed by atoms with Crippen LogP contribution in [-0.2, 0) is 0 Å². The van der Waals surface area contributed by atoms with Gasteiger partial charge in [0.1, 0.15) is 11.7 Å². The summed E-state index contributed by atoms with van der Waals surface area (Å²) in [4.78, 5) is 20.2. The number of carbonyl (C=O) groups excluding carboxylic acids is 1. The number of amides is 1. The molecule has 0 bridgehead atoms. The molecule has 6 nitrogen and oxygen atoms in total. The number of aromatic nitrogens is 4. The van der Waals surface area contributed by atoms with E-state index < -0.39 is 18.1 Å². The number of hydrogen-bond donors (Lipinski definition) is 2. The molecule has 2 N–H and O–H groups in total. The number of hydrogen-bond acceptors (Lipinski definition) is 3. The van der Waals surface area contributed by atoms with Crippen molar-refractivity contribution in [3.8, 4) is 22.3 Å². The second-order valence-electron chi connectivity index (χ2n) is 7.73. The Morgan fingerprint density at radius 2 is 1.85 bits per heavy atom. The second-order valence-corrected chi connectivity index (χ2v) is 7.73. The number of benzene rings is 1. The number of carbonyl (C=O) groups is 1. The van der Waals surface area contributed by atoms with Crippen LogP contribution in [0.5, 0.6) is 0 Å². The van der Waals surface area contributed by atoms with E-state index in [2.05, 4.69) is 15.1 Å². The van der Waals surface area contributed by atoms with Gasteiger partial charge >= 0.3 is 6.18 Å². The smallest absolute Gasteiger partial charge is 0.346 e. The molecule has 166 valence electrons. The van der Waals surface area contributed by atoms with Crippen molar-refractivity contribution < 1.29 is 18.0 Å². The Balaban J connectivity index is 1.55. The quantitative estimate of drug-likeness (QED) is 0.395. The first-order chi connectivity index (χ1) is 15.8. The third kappa shape index (κ3) is 3.82. The summed E-state index contributed by atoms with van der Waals surface area (Å²) < 4.78 is 40.1. The Bertz CT molecular complexity index is 1470. The summed E-state index contributed by atoms with van der Waals surface area (Å²) in [6.07, 6.45) is 2.02. The van der Waals surface area contributed by atoms with Crippen LogP contribution in [0.2, 0.25) is 0 Å². The van der Waals surface area contributed by atoms with Gasteiger partial charge in [-0.05, 0) is 36.2 Å². The average Bonchev–Trinajstić information content (AvgIpc) is 3.42. The van der Waals surface area contributed by atoms with Gasteiger partial charge in [0.15, 0.2) is 0 Å². The molecule has 0 fully saturated rings. The topological polar surface area (TPSA) is 75.1 Å². The van der Waals surface area contributed by atoms with E-state index in [0.29, 0.717) is 11.2 Å². The maximum Gasteiger partial charge on any atom is 0.408 e. The molecule has 33 heavy (non-hydrogen) atoms. The molecule has 0 aliphatic rings. The van der Waals surface area contributed by atoms with E-state index in [1.54, 1.807) is 18.5 Å². The maximum atomic E-state index is 12.9. The van der Waals surface area contributed by atoms with Gasteiger partial charge in [0.25, 0.3) is 5.91 Å². The Labute approximate surface area is 186 Å². The van der Waals surface area contributed by atoms with Crippen molar-refractivity contribution in [1.29, 1.82) is 0 Å². The SMILES string of the molecule is C[C@@H](NC(=O)c1cnn2ccc(-c3c[nH]c4ncc(-c5ccccc5)cc34)cc12)C(F)(F)F. The Morgan fingerprint density at radius 1 is 1.06 bits per heavy atom. The van der Waals surface area contributed by atoms with Gasteiger partial charge in [-0.2, -0.15) is 18.3 Å². The minimum absolute atomic E-state index is 0.0656. The van der Waals surface area contributed by atoms with Gasteiger partial charge in [0.2, 0.25) is 0 Å². The van der Waals surface area contributed by atoms with Crippen LogP contribution in [0.4, 0.5) is 13.2 Å². The van der Waals surface area contributed by atoms with Crippen molar-refractivity contribution in [2.24, 2.45) is 0 Å². The zero-order chi connectivity index (χ0) is 23.2. The molecule has 0 aliphatic heterocycles. The molecule has 4 aromatic heterocycles. The number of halogens is 3. The summed E-state index contributed by atoms with van der Waals surface area (Å²) in [7, 11) is 0. The largest absolute Gasteiger partial charge is 0.408 e. The van der Waals surface area contributed by atoms with Crippen LogP contribution >= 0.6 is 0 Å². The predicted molar refractivity (Wildman–Crippen MR) is 119 cm³/mol. The number of nitrogens with one attached hydrogen (secondary N) is 2. The first kappa shape index (κ1) is 20.7. The summed E-state index contributed by atoms with van der Waals surface area (Å²) in [6.45, 7) is 0.901. The standard InChI is InChI=1S/C24H18F3N5O/c1-14(24(25,26)27)31-23(33)20-13-30-32-8-7-16(10-21(20)32)19-12-29-22-18(19)9-17(11-28-22)15-5-3-2-4-6-15/h2-14H,1H3,(H,28,29)(H,31,33)/t14-/m1/s1. The molecule has 5 rings (SSSR count). The first-order valence-electron chi connectivity index (χ1n) is 10.2. The highest BCUT2D eigenvalue weighted by atomic mass is 19.4. The van der Waals surface area contributed by atoms with Crippen molar-refractivity contribution in [1.82, 2.24) is 24.9 Å². The number of pyridine rings is 2. The molecule has 9 heteroatoms. The van der Waals surface area contributed by atoms with Gasteiger partial charge in [0, 0.05) is 35.1 Å². The Hall–Kier alpha value is -4.14. The van der Waals surface area contributed by atoms with Crippen LogP contribution in [-0.4, -0.2) is 37.7 Å². The van der Waals surface area contributed by atoms with Crippen molar-refractivity contribution >= 4 is 22.5 Å². The highest BCUT2D eigenvalue weighted by molar-refractivity contribution is 6.02. The molecule has 0 aliphatic carbocycles. The van der Waals surface area contributed by atoms with Crippen LogP contribution in [0.15, 0.2) is 73.3 Å². The molecule has 0 saturated heterocycles. The third-order valence-electron chi connectivity index (χ3n) is 5.55. The Kier molecular flexibility index (Phi) is 4.88. The summed E-state index contributed by atoms with van der Waals surface area (Å²) >= 11 is 0. The molecule has 1 aromatic carbocycles. The van der Waals surface area contributed by atoms with E-state index in [9.17, 15) is 18.0 Å². The summed E-state index contributed by atoms with van der Waals surface area (Å²) in [5.74, 6) is -0.834. The maximum absolute atomic E-state index is 12.9. The number of aromatic amines is 1. The van der Waals surface area contributed by atoms with Gasteiger partial charge in [-0.3, -0.25) is 4.79 Å². The number of rotatable bonds is 4. The highest BCUT2D eigenvalue weighted by Gasteiger charge is 2.37. The second kappa shape index (κ2) is 7.77. The third-order valence-corrected chi connectivity index (χ3v) is 5.55. The van der Waals surface area contributed by atoms with Crippen LogP contribution in [0.1, 0.15) is 17.3 Å². The molecule has 0 radical (unpaired) electrons. The Morgan fingerprint density at radius 3 is 2.61 bits per heavy atom. The molecule has 0 unspecified atom stereocenters. The number of nitrogens with zero attached hydrogens (tertiary/aromatic N) is 3. The number of H-pyrrole nitrogens is 1. The van der Waals surface area contributed by atoms with Gasteiger partial charge < -0.3 is 10.3 Å². The molecule has 5 aromatic rings. The van der Waals surface area contributed by atoms with Crippen LogP contribution < -0.4 is 5.32 Å². The van der Waals surface area contributed by atoms with E-state index in [-0.39, 0.29) is 5.56 Å². The lowest BCUT2D eigenvalue weighted by Crippen LogP contribution is -2.43. The molecule has 0 spiro atoms. The predicted octanol–water partition coefficient (Wildman–Crippen LogP) is 5.23. The van der Waals surface area contributed by atoms with Crippen molar-refractivity contribution in [3.63, 3.8) is 0 Å². The summed E-state index contributed by atoms with van der Waals surface area (Å²) in [6, 6.07) is 13.5. The van der Waals surface area contributed by atoms with Crippen molar-refractivity contribution in [2.75, 3.05) is 0 Å². The molecular weight excluding hydrogens is 431 g/mol. The van der Waals surface area contributed by atoms with Crippen LogP contribution in [0, 0.1) is 0 Å². The zero-order valence-corrected chi connectivity index (χ0v) is 17.4. The lowest BCUT2D eigenvalue weighted by atomic mass is 10.0. The molecular formula is C24H18F3N5O. The normalized spacial score (nSPS) is 12.8. The summed E-state index contributed by atoms with van der Waals surface area (Å²) in [5.41, 5.74) is 4.79. The molecule has 1 amide bonds. The minimum Gasteiger partial charge on any atom is -0.346 e. The van der Waals surface area contributed by atoms with E-state index in [1.165, 1.54) is 10.7 Å². The van der Waals surface area contributed by atoms with Crippen molar-refractivity contribution in [2.45, 2.75) is 19.1 Å². The average molecular weight is 449 g/mol. The minimum atomic E-state index is -4.53. The lowest BCUT2D eigenvalue weighted by molar-refractivity contribution is -0.149.